The maximum absolute atomic E-state index is 12.1. The first-order chi connectivity index (χ1) is 7.34. The summed E-state index contributed by atoms with van der Waals surface area (Å²) < 4.78 is 0.979. The minimum atomic E-state index is -0.233. The molecule has 1 aromatic rings. The SMILES string of the molecule is Cc1cc(C(=O)N(C)C(C)C(N)=S)sc1Br. The number of halogens is 1. The zero-order valence-corrected chi connectivity index (χ0v) is 12.5. The van der Waals surface area contributed by atoms with Gasteiger partial charge in [-0.15, -0.1) is 11.3 Å². The summed E-state index contributed by atoms with van der Waals surface area (Å²) in [7, 11) is 1.70. The summed E-state index contributed by atoms with van der Waals surface area (Å²) in [6.45, 7) is 3.77. The minimum Gasteiger partial charge on any atom is -0.392 e. The topological polar surface area (TPSA) is 46.3 Å². The number of likely N-dealkylation sites (N-methyl/N-ethyl adjacent to an activating group) is 1. The number of hydrogen-bond donors (Lipinski definition) is 1. The number of rotatable bonds is 3. The number of aryl methyl sites for hydroxylation is 1. The first-order valence-corrected chi connectivity index (χ1v) is 6.68. The van der Waals surface area contributed by atoms with Crippen molar-refractivity contribution in [2.45, 2.75) is 19.9 Å². The largest absolute Gasteiger partial charge is 0.392 e. The predicted octanol–water partition coefficient (Wildman–Crippen LogP) is 2.57. The van der Waals surface area contributed by atoms with Crippen LogP contribution >= 0.6 is 39.5 Å². The van der Waals surface area contributed by atoms with E-state index < -0.39 is 0 Å². The minimum absolute atomic E-state index is 0.0564. The molecule has 6 heteroatoms. The molecule has 0 aliphatic carbocycles. The van der Waals surface area contributed by atoms with Crippen LogP contribution in [-0.4, -0.2) is 28.9 Å². The van der Waals surface area contributed by atoms with E-state index in [0.717, 1.165) is 9.35 Å². The zero-order valence-electron chi connectivity index (χ0n) is 9.28. The van der Waals surface area contributed by atoms with Crippen molar-refractivity contribution in [3.05, 3.63) is 20.3 Å². The van der Waals surface area contributed by atoms with E-state index in [1.807, 2.05) is 19.9 Å². The Balaban J connectivity index is 2.90. The lowest BCUT2D eigenvalue weighted by Gasteiger charge is -2.23. The van der Waals surface area contributed by atoms with Crippen molar-refractivity contribution in [2.24, 2.45) is 5.73 Å². The molecule has 1 unspecified atom stereocenters. The zero-order chi connectivity index (χ0) is 12.5. The van der Waals surface area contributed by atoms with Crippen molar-refractivity contribution < 1.29 is 4.79 Å². The molecule has 0 fully saturated rings. The van der Waals surface area contributed by atoms with Crippen LogP contribution in [0, 0.1) is 6.92 Å². The van der Waals surface area contributed by atoms with Gasteiger partial charge in [-0.3, -0.25) is 4.79 Å². The van der Waals surface area contributed by atoms with Crippen molar-refractivity contribution in [1.29, 1.82) is 0 Å². The van der Waals surface area contributed by atoms with Gasteiger partial charge in [-0.2, -0.15) is 0 Å². The molecule has 1 amide bonds. The van der Waals surface area contributed by atoms with Crippen molar-refractivity contribution in [2.75, 3.05) is 7.05 Å². The highest BCUT2D eigenvalue weighted by atomic mass is 79.9. The normalized spacial score (nSPS) is 12.2. The van der Waals surface area contributed by atoms with Crippen molar-refractivity contribution in [1.82, 2.24) is 4.90 Å². The molecule has 1 heterocycles. The lowest BCUT2D eigenvalue weighted by atomic mass is 10.2. The molecule has 0 saturated carbocycles. The van der Waals surface area contributed by atoms with E-state index in [0.29, 0.717) is 9.87 Å². The third-order valence-corrected chi connectivity index (χ3v) is 4.85. The molecule has 0 aliphatic rings. The average molecular weight is 321 g/mol. The van der Waals surface area contributed by atoms with Gasteiger partial charge in [-0.05, 0) is 41.4 Å². The van der Waals surface area contributed by atoms with E-state index in [1.54, 1.807) is 11.9 Å². The van der Waals surface area contributed by atoms with Crippen molar-refractivity contribution in [3.63, 3.8) is 0 Å². The fraction of sp³-hybridized carbons (Fsp3) is 0.400. The fourth-order valence-electron chi connectivity index (χ4n) is 1.11. The number of nitrogens with zero attached hydrogens (tertiary/aromatic N) is 1. The van der Waals surface area contributed by atoms with Gasteiger partial charge in [0.2, 0.25) is 0 Å². The second-order valence-corrected chi connectivity index (χ2v) is 6.40. The first-order valence-electron chi connectivity index (χ1n) is 4.67. The summed E-state index contributed by atoms with van der Waals surface area (Å²) >= 11 is 9.69. The fourth-order valence-corrected chi connectivity index (χ4v) is 2.78. The van der Waals surface area contributed by atoms with Crippen LogP contribution in [0.2, 0.25) is 0 Å². The molecule has 88 valence electrons. The molecule has 0 spiro atoms. The highest BCUT2D eigenvalue weighted by molar-refractivity contribution is 9.11. The van der Waals surface area contributed by atoms with E-state index in [-0.39, 0.29) is 11.9 Å². The number of thiocarbonyl (C=S) groups is 1. The molecular formula is C10H13BrN2OS2. The van der Waals surface area contributed by atoms with Crippen LogP contribution in [0.1, 0.15) is 22.2 Å². The van der Waals surface area contributed by atoms with Crippen LogP contribution in [0.5, 0.6) is 0 Å². The summed E-state index contributed by atoms with van der Waals surface area (Å²) in [6, 6.07) is 1.63. The number of carbonyl (C=O) groups is 1. The predicted molar refractivity (Wildman–Crippen MR) is 75.1 cm³/mol. The Kier molecular flexibility index (Phi) is 4.46. The van der Waals surface area contributed by atoms with E-state index in [4.69, 9.17) is 18.0 Å². The summed E-state index contributed by atoms with van der Waals surface area (Å²) in [5, 5.41) is 0. The molecule has 1 rings (SSSR count). The monoisotopic (exact) mass is 320 g/mol. The molecule has 3 nitrogen and oxygen atoms in total. The summed E-state index contributed by atoms with van der Waals surface area (Å²) in [6.07, 6.45) is 0. The summed E-state index contributed by atoms with van der Waals surface area (Å²) in [5.41, 5.74) is 6.58. The molecule has 0 saturated heterocycles. The number of hydrogen-bond acceptors (Lipinski definition) is 3. The molecule has 0 aromatic carbocycles. The molecule has 1 atom stereocenters. The van der Waals surface area contributed by atoms with Crippen LogP contribution in [0.4, 0.5) is 0 Å². The Morgan fingerprint density at radius 3 is 2.62 bits per heavy atom. The van der Waals surface area contributed by atoms with E-state index in [1.165, 1.54) is 11.3 Å². The highest BCUT2D eigenvalue weighted by Gasteiger charge is 2.21. The Bertz CT molecular complexity index is 411. The molecule has 0 aliphatic heterocycles. The third kappa shape index (κ3) is 2.81. The van der Waals surface area contributed by atoms with Gasteiger partial charge in [-0.1, -0.05) is 12.2 Å². The smallest absolute Gasteiger partial charge is 0.264 e. The van der Waals surface area contributed by atoms with Gasteiger partial charge >= 0.3 is 0 Å². The van der Waals surface area contributed by atoms with Crippen molar-refractivity contribution >= 4 is 50.4 Å². The maximum Gasteiger partial charge on any atom is 0.264 e. The molecular weight excluding hydrogens is 308 g/mol. The Labute approximate surface area is 113 Å². The number of amides is 1. The van der Waals surface area contributed by atoms with Gasteiger partial charge < -0.3 is 10.6 Å². The van der Waals surface area contributed by atoms with Crippen molar-refractivity contribution in [3.8, 4) is 0 Å². The number of thiophene rings is 1. The van der Waals surface area contributed by atoms with E-state index >= 15 is 0 Å². The maximum atomic E-state index is 12.1. The lowest BCUT2D eigenvalue weighted by molar-refractivity contribution is 0.0783. The number of nitrogens with two attached hydrogens (primary N) is 1. The standard InChI is InChI=1S/C10H13BrN2OS2/c1-5-4-7(16-8(5)11)10(14)13(3)6(2)9(12)15/h4,6H,1-3H3,(H2,12,15). The van der Waals surface area contributed by atoms with Gasteiger partial charge in [0.1, 0.15) is 0 Å². The van der Waals surface area contributed by atoms with Gasteiger partial charge in [-0.25, -0.2) is 0 Å². The van der Waals surface area contributed by atoms with Crippen LogP contribution in [0.3, 0.4) is 0 Å². The second kappa shape index (κ2) is 5.25. The molecule has 1 aromatic heterocycles. The molecule has 0 bridgehead atoms. The molecule has 16 heavy (non-hydrogen) atoms. The number of carbonyl (C=O) groups excluding carboxylic acids is 1. The van der Waals surface area contributed by atoms with Gasteiger partial charge in [0.15, 0.2) is 0 Å². The van der Waals surface area contributed by atoms with Gasteiger partial charge in [0, 0.05) is 7.05 Å². The first kappa shape index (κ1) is 13.6. The van der Waals surface area contributed by atoms with Gasteiger partial charge in [0.05, 0.1) is 19.7 Å². The Morgan fingerprint density at radius 2 is 2.25 bits per heavy atom. The van der Waals surface area contributed by atoms with E-state index in [9.17, 15) is 4.79 Å². The summed E-state index contributed by atoms with van der Waals surface area (Å²) in [5.74, 6) is -0.0564. The second-order valence-electron chi connectivity index (χ2n) is 3.56. The van der Waals surface area contributed by atoms with Crippen LogP contribution in [0.15, 0.2) is 9.85 Å². The Hall–Kier alpha value is -0.460. The average Bonchev–Trinajstić information content (AvgIpc) is 2.55. The Morgan fingerprint density at radius 1 is 1.69 bits per heavy atom. The van der Waals surface area contributed by atoms with Gasteiger partial charge in [0.25, 0.3) is 5.91 Å². The quantitative estimate of drug-likeness (QED) is 0.871. The van der Waals surface area contributed by atoms with Crippen LogP contribution in [-0.2, 0) is 0 Å². The van der Waals surface area contributed by atoms with Crippen LogP contribution in [0.25, 0.3) is 0 Å². The highest BCUT2D eigenvalue weighted by Crippen LogP contribution is 2.28. The molecule has 0 radical (unpaired) electrons. The van der Waals surface area contributed by atoms with E-state index in [2.05, 4.69) is 15.9 Å². The van der Waals surface area contributed by atoms with Crippen LogP contribution < -0.4 is 5.73 Å². The third-order valence-electron chi connectivity index (χ3n) is 2.38. The molecule has 2 N–H and O–H groups in total. The lowest BCUT2D eigenvalue weighted by Crippen LogP contribution is -2.42. The summed E-state index contributed by atoms with van der Waals surface area (Å²) in [4.78, 5) is 14.6.